The molecule has 0 N–H and O–H groups in total. The van der Waals surface area contributed by atoms with Crippen molar-refractivity contribution in [1.29, 1.82) is 0 Å². The van der Waals surface area contributed by atoms with Crippen LogP contribution in [0, 0.1) is 0 Å². The SMILES string of the molecule is c1ccc(-c2ccc3c(c2)c2ccccc2n3-c2ccc3oc4cccc(-c5nc(-c6ccccc6)nc(-c6cc(-c7ccccc7)c7c(c6)sc6ccccc67)n5)c4c3c2)cc1. The molecule has 0 aliphatic rings. The van der Waals surface area contributed by atoms with E-state index in [2.05, 4.69) is 180 Å². The highest BCUT2D eigenvalue weighted by atomic mass is 32.1. The second-order valence-corrected chi connectivity index (χ2v) is 17.0. The van der Waals surface area contributed by atoms with E-state index < -0.39 is 0 Å². The normalized spacial score (nSPS) is 11.8. The molecule has 9 aromatic carbocycles. The van der Waals surface area contributed by atoms with E-state index >= 15 is 0 Å². The lowest BCUT2D eigenvalue weighted by molar-refractivity contribution is 0.669. The van der Waals surface area contributed by atoms with E-state index in [0.29, 0.717) is 17.5 Å². The molecule has 0 aliphatic heterocycles. The molecule has 0 radical (unpaired) electrons. The predicted octanol–water partition coefficient (Wildman–Crippen LogP) is 15.6. The lowest BCUT2D eigenvalue weighted by atomic mass is 9.97. The van der Waals surface area contributed by atoms with Gasteiger partial charge in [-0.1, -0.05) is 146 Å². The number of thiophene rings is 1. The number of hydrogen-bond donors (Lipinski definition) is 0. The number of fused-ring (bicyclic) bond motifs is 9. The Morgan fingerprint density at radius 2 is 1.02 bits per heavy atom. The van der Waals surface area contributed by atoms with Crippen molar-refractivity contribution >= 4 is 75.3 Å². The molecule has 0 amide bonds. The van der Waals surface area contributed by atoms with Crippen LogP contribution in [-0.4, -0.2) is 19.5 Å². The maximum absolute atomic E-state index is 6.62. The number of aromatic nitrogens is 4. The minimum Gasteiger partial charge on any atom is -0.456 e. The first-order chi connectivity index (χ1) is 31.2. The summed E-state index contributed by atoms with van der Waals surface area (Å²) in [5, 5.41) is 6.86. The smallest absolute Gasteiger partial charge is 0.164 e. The first-order valence-electron chi connectivity index (χ1n) is 21.1. The summed E-state index contributed by atoms with van der Waals surface area (Å²) < 4.78 is 11.4. The Labute approximate surface area is 365 Å². The van der Waals surface area contributed by atoms with Crippen molar-refractivity contribution in [1.82, 2.24) is 19.5 Å². The first-order valence-corrected chi connectivity index (χ1v) is 21.9. The fourth-order valence-electron chi connectivity index (χ4n) is 9.37. The number of benzene rings is 9. The van der Waals surface area contributed by atoms with Crippen LogP contribution in [0.5, 0.6) is 0 Å². The van der Waals surface area contributed by atoms with Crippen molar-refractivity contribution in [3.8, 4) is 62.1 Å². The summed E-state index contributed by atoms with van der Waals surface area (Å²) in [5.74, 6) is 1.81. The minimum absolute atomic E-state index is 0.584. The average molecular weight is 823 g/mol. The molecule has 4 aromatic heterocycles. The van der Waals surface area contributed by atoms with E-state index in [0.717, 1.165) is 66.5 Å². The lowest BCUT2D eigenvalue weighted by Gasteiger charge is -2.12. The second-order valence-electron chi connectivity index (χ2n) is 15.9. The number of para-hydroxylation sites is 1. The van der Waals surface area contributed by atoms with Gasteiger partial charge in [-0.3, -0.25) is 0 Å². The average Bonchev–Trinajstić information content (AvgIpc) is 4.03. The summed E-state index contributed by atoms with van der Waals surface area (Å²) in [5.41, 5.74) is 12.3. The standard InChI is InChI=1S/C57H34N4OS/c1-4-15-35(16-5-1)38-27-29-48-45(31-38)41-21-10-12-24-47(41)61(48)40-28-30-49-46(34-40)53-43(23-14-25-50(53)62-49)57-59-55(37-19-8-3-9-20-37)58-56(60-57)39-32-44(36-17-6-2-7-18-36)54-42-22-11-13-26-51(42)63-52(54)33-39/h1-34H. The first kappa shape index (κ1) is 35.6. The summed E-state index contributed by atoms with van der Waals surface area (Å²) >= 11 is 1.80. The Balaban J connectivity index is 1.03. The molecular weight excluding hydrogens is 789 g/mol. The molecule has 5 nitrogen and oxygen atoms in total. The molecule has 4 heterocycles. The van der Waals surface area contributed by atoms with Crippen molar-refractivity contribution in [3.05, 3.63) is 206 Å². The Morgan fingerprint density at radius 3 is 1.83 bits per heavy atom. The predicted molar refractivity (Wildman–Crippen MR) is 262 cm³/mol. The van der Waals surface area contributed by atoms with Crippen LogP contribution in [-0.2, 0) is 0 Å². The highest BCUT2D eigenvalue weighted by Crippen LogP contribution is 2.44. The third-order valence-electron chi connectivity index (χ3n) is 12.2. The van der Waals surface area contributed by atoms with Gasteiger partial charge in [0.2, 0.25) is 0 Å². The quantitative estimate of drug-likeness (QED) is 0.168. The van der Waals surface area contributed by atoms with Gasteiger partial charge in [0.05, 0.1) is 11.0 Å². The zero-order valence-corrected chi connectivity index (χ0v) is 34.6. The van der Waals surface area contributed by atoms with Gasteiger partial charge in [-0.25, -0.2) is 15.0 Å². The van der Waals surface area contributed by atoms with E-state index in [4.69, 9.17) is 19.4 Å². The van der Waals surface area contributed by atoms with Gasteiger partial charge in [0, 0.05) is 64.1 Å². The van der Waals surface area contributed by atoms with Crippen LogP contribution < -0.4 is 0 Å². The lowest BCUT2D eigenvalue weighted by Crippen LogP contribution is -2.00. The molecule has 0 bridgehead atoms. The topological polar surface area (TPSA) is 56.7 Å². The molecule has 0 fully saturated rings. The number of furan rings is 1. The van der Waals surface area contributed by atoms with Gasteiger partial charge in [-0.2, -0.15) is 0 Å². The Kier molecular flexibility index (Phi) is 8.01. The van der Waals surface area contributed by atoms with E-state index in [1.54, 1.807) is 11.3 Å². The summed E-state index contributed by atoms with van der Waals surface area (Å²) in [4.78, 5) is 15.8. The summed E-state index contributed by atoms with van der Waals surface area (Å²) in [6.45, 7) is 0. The van der Waals surface area contributed by atoms with Crippen LogP contribution in [0.4, 0.5) is 0 Å². The van der Waals surface area contributed by atoms with Gasteiger partial charge in [-0.15, -0.1) is 11.3 Å². The van der Waals surface area contributed by atoms with Crippen molar-refractivity contribution in [2.45, 2.75) is 0 Å². The molecule has 13 aromatic rings. The molecular formula is C57H34N4OS. The van der Waals surface area contributed by atoms with Gasteiger partial charge < -0.3 is 8.98 Å². The van der Waals surface area contributed by atoms with Gasteiger partial charge in [0.1, 0.15) is 11.2 Å². The van der Waals surface area contributed by atoms with Crippen molar-refractivity contribution in [3.63, 3.8) is 0 Å². The van der Waals surface area contributed by atoms with Gasteiger partial charge >= 0.3 is 0 Å². The van der Waals surface area contributed by atoms with Crippen LogP contribution in [0.25, 0.3) is 126 Å². The molecule has 0 spiro atoms. The van der Waals surface area contributed by atoms with Crippen LogP contribution in [0.1, 0.15) is 0 Å². The van der Waals surface area contributed by atoms with Crippen molar-refractivity contribution in [2.24, 2.45) is 0 Å². The molecule has 0 aliphatic carbocycles. The van der Waals surface area contributed by atoms with E-state index in [9.17, 15) is 0 Å². The van der Waals surface area contributed by atoms with Gasteiger partial charge in [0.15, 0.2) is 17.5 Å². The number of hydrogen-bond acceptors (Lipinski definition) is 5. The molecule has 294 valence electrons. The highest BCUT2D eigenvalue weighted by Gasteiger charge is 2.21. The molecule has 63 heavy (non-hydrogen) atoms. The Morgan fingerprint density at radius 1 is 0.349 bits per heavy atom. The highest BCUT2D eigenvalue weighted by molar-refractivity contribution is 7.26. The van der Waals surface area contributed by atoms with Crippen LogP contribution in [0.3, 0.4) is 0 Å². The van der Waals surface area contributed by atoms with E-state index in [1.807, 2.05) is 30.3 Å². The minimum atomic E-state index is 0.584. The summed E-state index contributed by atoms with van der Waals surface area (Å²) in [6, 6.07) is 72.6. The fraction of sp³-hybridized carbons (Fsp3) is 0. The molecule has 0 saturated carbocycles. The zero-order chi connectivity index (χ0) is 41.4. The third kappa shape index (κ3) is 5.80. The molecule has 0 unspecified atom stereocenters. The van der Waals surface area contributed by atoms with E-state index in [1.165, 1.54) is 42.1 Å². The van der Waals surface area contributed by atoms with Crippen molar-refractivity contribution in [2.75, 3.05) is 0 Å². The largest absolute Gasteiger partial charge is 0.456 e. The molecule has 0 saturated heterocycles. The summed E-state index contributed by atoms with van der Waals surface area (Å²) in [6.07, 6.45) is 0. The third-order valence-corrected chi connectivity index (χ3v) is 13.4. The maximum Gasteiger partial charge on any atom is 0.164 e. The fourth-order valence-corrected chi connectivity index (χ4v) is 10.5. The van der Waals surface area contributed by atoms with Crippen molar-refractivity contribution < 1.29 is 4.42 Å². The van der Waals surface area contributed by atoms with Crippen LogP contribution in [0.2, 0.25) is 0 Å². The zero-order valence-electron chi connectivity index (χ0n) is 33.7. The summed E-state index contributed by atoms with van der Waals surface area (Å²) in [7, 11) is 0. The maximum atomic E-state index is 6.62. The molecule has 0 atom stereocenters. The van der Waals surface area contributed by atoms with Gasteiger partial charge in [0.25, 0.3) is 0 Å². The molecule has 13 rings (SSSR count). The number of nitrogens with zero attached hydrogens (tertiary/aromatic N) is 4. The van der Waals surface area contributed by atoms with E-state index in [-0.39, 0.29) is 0 Å². The van der Waals surface area contributed by atoms with Crippen LogP contribution in [0.15, 0.2) is 211 Å². The van der Waals surface area contributed by atoms with Gasteiger partial charge in [-0.05, 0) is 82.9 Å². The van der Waals surface area contributed by atoms with Crippen LogP contribution >= 0.6 is 11.3 Å². The number of rotatable bonds is 6. The monoisotopic (exact) mass is 822 g/mol. The Hall–Kier alpha value is -8.19. The second kappa shape index (κ2) is 14.2. The molecule has 6 heteroatoms. The Bertz CT molecular complexity index is 3910.